The number of hydrogen-bond donors (Lipinski definition) is 2. The van der Waals surface area contributed by atoms with Crippen LogP contribution in [0, 0.1) is 0 Å². The van der Waals surface area contributed by atoms with Crippen LogP contribution in [0.4, 0.5) is 0 Å². The molecular formula is C13H18O4. The van der Waals surface area contributed by atoms with Crippen LogP contribution in [0.1, 0.15) is 38.4 Å². The van der Waals surface area contributed by atoms with Crippen molar-refractivity contribution in [3.8, 4) is 5.75 Å². The zero-order valence-electron chi connectivity index (χ0n) is 10.1. The van der Waals surface area contributed by atoms with Gasteiger partial charge in [0.15, 0.2) is 6.10 Å². The molecule has 17 heavy (non-hydrogen) atoms. The number of benzene rings is 1. The maximum absolute atomic E-state index is 10.9. The Balaban J connectivity index is 2.93. The van der Waals surface area contributed by atoms with Gasteiger partial charge in [0.05, 0.1) is 6.10 Å². The predicted octanol–water partition coefficient (Wildman–Crippen LogP) is 2.37. The van der Waals surface area contributed by atoms with Gasteiger partial charge in [-0.1, -0.05) is 32.0 Å². The van der Waals surface area contributed by atoms with Crippen LogP contribution in [-0.2, 0) is 4.79 Å². The summed E-state index contributed by atoms with van der Waals surface area (Å²) in [6.07, 6.45) is -0.562. The van der Waals surface area contributed by atoms with E-state index < -0.39 is 18.2 Å². The molecule has 1 unspecified atom stereocenters. The van der Waals surface area contributed by atoms with E-state index in [1.54, 1.807) is 31.2 Å². The standard InChI is InChI=1S/C13H18O4/c1-3-10(14)9-7-5-6-8-12(9)17-11(4-2)13(15)16/h5-8,10-11,14H,3-4H2,1-2H3,(H,15,16)/t10-,11?/m1/s1. The van der Waals surface area contributed by atoms with Gasteiger partial charge in [-0.2, -0.15) is 0 Å². The third-order valence-corrected chi connectivity index (χ3v) is 2.58. The zero-order chi connectivity index (χ0) is 12.8. The fourth-order valence-corrected chi connectivity index (χ4v) is 1.54. The van der Waals surface area contributed by atoms with Gasteiger partial charge in [0.1, 0.15) is 5.75 Å². The van der Waals surface area contributed by atoms with Gasteiger partial charge >= 0.3 is 5.97 Å². The highest BCUT2D eigenvalue weighted by molar-refractivity contribution is 5.72. The summed E-state index contributed by atoms with van der Waals surface area (Å²) >= 11 is 0. The molecule has 0 saturated heterocycles. The monoisotopic (exact) mass is 238 g/mol. The second kappa shape index (κ2) is 6.25. The van der Waals surface area contributed by atoms with Crippen molar-refractivity contribution in [3.63, 3.8) is 0 Å². The van der Waals surface area contributed by atoms with E-state index in [1.165, 1.54) is 0 Å². The van der Waals surface area contributed by atoms with Gasteiger partial charge < -0.3 is 14.9 Å². The molecule has 0 aromatic heterocycles. The lowest BCUT2D eigenvalue weighted by Gasteiger charge is -2.18. The topological polar surface area (TPSA) is 66.8 Å². The maximum Gasteiger partial charge on any atom is 0.344 e. The molecule has 0 heterocycles. The van der Waals surface area contributed by atoms with Crippen molar-refractivity contribution in [1.29, 1.82) is 0 Å². The lowest BCUT2D eigenvalue weighted by molar-refractivity contribution is -0.145. The highest BCUT2D eigenvalue weighted by Crippen LogP contribution is 2.28. The summed E-state index contributed by atoms with van der Waals surface area (Å²) in [7, 11) is 0. The van der Waals surface area contributed by atoms with Crippen molar-refractivity contribution in [2.24, 2.45) is 0 Å². The minimum atomic E-state index is -0.992. The number of aliphatic hydroxyl groups excluding tert-OH is 1. The summed E-state index contributed by atoms with van der Waals surface area (Å²) in [5.74, 6) is -0.551. The molecule has 4 nitrogen and oxygen atoms in total. The molecule has 0 bridgehead atoms. The van der Waals surface area contributed by atoms with Gasteiger partial charge in [0, 0.05) is 5.56 Å². The van der Waals surface area contributed by atoms with Gasteiger partial charge in [-0.15, -0.1) is 0 Å². The van der Waals surface area contributed by atoms with Gasteiger partial charge in [0.25, 0.3) is 0 Å². The Hall–Kier alpha value is -1.55. The van der Waals surface area contributed by atoms with Crippen molar-refractivity contribution >= 4 is 5.97 Å². The second-order valence-corrected chi connectivity index (χ2v) is 3.81. The SMILES string of the molecule is CCC(Oc1ccccc1[C@H](O)CC)C(=O)O. The Bertz CT molecular complexity index is 375. The molecule has 1 aromatic rings. The molecule has 0 aliphatic heterocycles. The van der Waals surface area contributed by atoms with E-state index in [9.17, 15) is 9.90 Å². The molecule has 2 atom stereocenters. The van der Waals surface area contributed by atoms with Gasteiger partial charge in [-0.05, 0) is 18.9 Å². The number of para-hydroxylation sites is 1. The molecule has 0 aliphatic rings. The van der Waals surface area contributed by atoms with E-state index in [2.05, 4.69) is 0 Å². The van der Waals surface area contributed by atoms with Crippen molar-refractivity contribution in [2.75, 3.05) is 0 Å². The second-order valence-electron chi connectivity index (χ2n) is 3.81. The number of carboxylic acid groups (broad SMARTS) is 1. The number of carbonyl (C=O) groups is 1. The van der Waals surface area contributed by atoms with Crippen LogP contribution in [-0.4, -0.2) is 22.3 Å². The summed E-state index contributed by atoms with van der Waals surface area (Å²) in [6.45, 7) is 3.60. The van der Waals surface area contributed by atoms with Gasteiger partial charge in [0.2, 0.25) is 0 Å². The molecule has 4 heteroatoms. The van der Waals surface area contributed by atoms with Crippen molar-refractivity contribution in [1.82, 2.24) is 0 Å². The molecule has 1 aromatic carbocycles. The highest BCUT2D eigenvalue weighted by atomic mass is 16.5. The van der Waals surface area contributed by atoms with Crippen LogP contribution in [0.5, 0.6) is 5.75 Å². The highest BCUT2D eigenvalue weighted by Gasteiger charge is 2.19. The van der Waals surface area contributed by atoms with Crippen LogP contribution in [0.3, 0.4) is 0 Å². The largest absolute Gasteiger partial charge is 0.479 e. The molecule has 1 rings (SSSR count). The lowest BCUT2D eigenvalue weighted by Crippen LogP contribution is -2.26. The van der Waals surface area contributed by atoms with E-state index in [0.29, 0.717) is 24.2 Å². The van der Waals surface area contributed by atoms with Crippen molar-refractivity contribution in [2.45, 2.75) is 38.9 Å². The number of carboxylic acids is 1. The summed E-state index contributed by atoms with van der Waals surface area (Å²) in [6, 6.07) is 6.98. The third kappa shape index (κ3) is 3.46. The smallest absolute Gasteiger partial charge is 0.344 e. The van der Waals surface area contributed by atoms with Crippen LogP contribution in [0.15, 0.2) is 24.3 Å². The molecule has 0 amide bonds. The van der Waals surface area contributed by atoms with E-state index >= 15 is 0 Å². The van der Waals surface area contributed by atoms with E-state index in [4.69, 9.17) is 9.84 Å². The molecular weight excluding hydrogens is 220 g/mol. The molecule has 0 fully saturated rings. The van der Waals surface area contributed by atoms with Gasteiger partial charge in [-0.25, -0.2) is 4.79 Å². The van der Waals surface area contributed by atoms with E-state index in [-0.39, 0.29) is 0 Å². The number of rotatable bonds is 6. The van der Waals surface area contributed by atoms with E-state index in [1.807, 2.05) is 6.92 Å². The quantitative estimate of drug-likeness (QED) is 0.798. The first-order valence-corrected chi connectivity index (χ1v) is 5.76. The molecule has 0 aliphatic carbocycles. The minimum Gasteiger partial charge on any atom is -0.479 e. The number of aliphatic hydroxyl groups is 1. The zero-order valence-corrected chi connectivity index (χ0v) is 10.1. The molecule has 0 radical (unpaired) electrons. The summed E-state index contributed by atoms with van der Waals surface area (Å²) < 4.78 is 5.42. The third-order valence-electron chi connectivity index (χ3n) is 2.58. The summed E-state index contributed by atoms with van der Waals surface area (Å²) in [5, 5.41) is 18.7. The van der Waals surface area contributed by atoms with Crippen LogP contribution >= 0.6 is 0 Å². The first-order chi connectivity index (χ1) is 8.10. The fourth-order valence-electron chi connectivity index (χ4n) is 1.54. The average Bonchev–Trinajstić information content (AvgIpc) is 2.35. The maximum atomic E-state index is 10.9. The number of hydrogen-bond acceptors (Lipinski definition) is 3. The number of ether oxygens (including phenoxy) is 1. The minimum absolute atomic E-state index is 0.381. The first kappa shape index (κ1) is 13.5. The fraction of sp³-hybridized carbons (Fsp3) is 0.462. The lowest BCUT2D eigenvalue weighted by atomic mass is 10.1. The van der Waals surface area contributed by atoms with Crippen LogP contribution in [0.25, 0.3) is 0 Å². The Morgan fingerprint density at radius 1 is 1.29 bits per heavy atom. The normalized spacial score (nSPS) is 14.1. The molecule has 94 valence electrons. The Kier molecular flexibility index (Phi) is 4.97. The summed E-state index contributed by atoms with van der Waals surface area (Å²) in [4.78, 5) is 10.9. The average molecular weight is 238 g/mol. The Labute approximate surface area is 101 Å². The van der Waals surface area contributed by atoms with Crippen LogP contribution in [0.2, 0.25) is 0 Å². The molecule has 0 spiro atoms. The van der Waals surface area contributed by atoms with Crippen molar-refractivity contribution < 1.29 is 19.7 Å². The molecule has 0 saturated carbocycles. The Morgan fingerprint density at radius 3 is 2.47 bits per heavy atom. The Morgan fingerprint density at radius 2 is 1.94 bits per heavy atom. The van der Waals surface area contributed by atoms with Crippen molar-refractivity contribution in [3.05, 3.63) is 29.8 Å². The first-order valence-electron chi connectivity index (χ1n) is 5.76. The van der Waals surface area contributed by atoms with E-state index in [0.717, 1.165) is 0 Å². The predicted molar refractivity (Wildman–Crippen MR) is 64.0 cm³/mol. The number of aliphatic carboxylic acids is 1. The van der Waals surface area contributed by atoms with Crippen LogP contribution < -0.4 is 4.74 Å². The summed E-state index contributed by atoms with van der Waals surface area (Å²) in [5.41, 5.74) is 0.634. The van der Waals surface area contributed by atoms with Gasteiger partial charge in [-0.3, -0.25) is 0 Å². The molecule has 2 N–H and O–H groups in total.